The monoisotopic (exact) mass is 385 g/mol. The zero-order valence-corrected chi connectivity index (χ0v) is 15.7. The molecule has 27 heavy (non-hydrogen) atoms. The van der Waals surface area contributed by atoms with Crippen LogP contribution < -0.4 is 14.6 Å². The third-order valence-electron chi connectivity index (χ3n) is 3.86. The summed E-state index contributed by atoms with van der Waals surface area (Å²) in [6.45, 7) is 2.03. The maximum Gasteiger partial charge on any atom is 0.239 e. The van der Waals surface area contributed by atoms with Gasteiger partial charge < -0.3 is 9.47 Å². The molecule has 7 nitrogen and oxygen atoms in total. The van der Waals surface area contributed by atoms with E-state index in [0.717, 1.165) is 11.3 Å². The van der Waals surface area contributed by atoms with E-state index >= 15 is 0 Å². The molecule has 1 heterocycles. The smallest absolute Gasteiger partial charge is 0.239 e. The average Bonchev–Trinajstić information content (AvgIpc) is 2.66. The Labute approximate surface area is 157 Å². The lowest BCUT2D eigenvalue weighted by molar-refractivity contribution is 0.287. The van der Waals surface area contributed by atoms with Crippen molar-refractivity contribution in [3.63, 3.8) is 0 Å². The highest BCUT2D eigenvalue weighted by Crippen LogP contribution is 2.28. The van der Waals surface area contributed by atoms with E-state index in [1.165, 1.54) is 13.2 Å². The van der Waals surface area contributed by atoms with Crippen molar-refractivity contribution in [2.45, 2.75) is 18.4 Å². The fraction of sp³-hybridized carbons (Fsp3) is 0.158. The zero-order valence-electron chi connectivity index (χ0n) is 14.9. The number of methoxy groups -OCH3 is 1. The van der Waals surface area contributed by atoms with E-state index in [1.54, 1.807) is 48.7 Å². The lowest BCUT2D eigenvalue weighted by Crippen LogP contribution is -2.13. The molecule has 1 aromatic heterocycles. The number of nitrogens with zero attached hydrogens (tertiary/aromatic N) is 2. The summed E-state index contributed by atoms with van der Waals surface area (Å²) in [4.78, 5) is 8.61. The van der Waals surface area contributed by atoms with E-state index in [2.05, 4.69) is 9.97 Å². The predicted octanol–water partition coefficient (Wildman–Crippen LogP) is 2.69. The molecule has 140 valence electrons. The van der Waals surface area contributed by atoms with Crippen LogP contribution in [0.1, 0.15) is 11.4 Å². The van der Waals surface area contributed by atoms with E-state index in [9.17, 15) is 8.42 Å². The van der Waals surface area contributed by atoms with E-state index in [-0.39, 0.29) is 11.5 Å². The molecular formula is C19H19N3O4S. The lowest BCUT2D eigenvalue weighted by Gasteiger charge is -2.11. The van der Waals surface area contributed by atoms with Gasteiger partial charge in [-0.05, 0) is 30.7 Å². The summed E-state index contributed by atoms with van der Waals surface area (Å²) < 4.78 is 34.5. The summed E-state index contributed by atoms with van der Waals surface area (Å²) in [5.41, 5.74) is 2.61. The Bertz CT molecular complexity index is 1050. The quantitative estimate of drug-likeness (QED) is 0.699. The van der Waals surface area contributed by atoms with E-state index in [0.29, 0.717) is 22.9 Å². The van der Waals surface area contributed by atoms with Crippen molar-refractivity contribution < 1.29 is 17.9 Å². The summed E-state index contributed by atoms with van der Waals surface area (Å²) in [7, 11) is -2.28. The van der Waals surface area contributed by atoms with Gasteiger partial charge in [0, 0.05) is 11.8 Å². The summed E-state index contributed by atoms with van der Waals surface area (Å²) in [6, 6.07) is 13.6. The summed E-state index contributed by atoms with van der Waals surface area (Å²) in [5.74, 6) is 1.03. The van der Waals surface area contributed by atoms with Gasteiger partial charge in [0.25, 0.3) is 0 Å². The second-order valence-electron chi connectivity index (χ2n) is 5.82. The minimum atomic E-state index is -3.81. The summed E-state index contributed by atoms with van der Waals surface area (Å²) >= 11 is 0. The van der Waals surface area contributed by atoms with Gasteiger partial charge in [-0.15, -0.1) is 0 Å². The van der Waals surface area contributed by atoms with Gasteiger partial charge >= 0.3 is 0 Å². The van der Waals surface area contributed by atoms with Crippen LogP contribution in [0.4, 0.5) is 0 Å². The minimum absolute atomic E-state index is 0.0818. The van der Waals surface area contributed by atoms with E-state index < -0.39 is 10.0 Å². The molecule has 0 fully saturated rings. The van der Waals surface area contributed by atoms with Crippen LogP contribution in [0.2, 0.25) is 0 Å². The first kappa shape index (κ1) is 18.8. The molecule has 0 atom stereocenters. The van der Waals surface area contributed by atoms with E-state index in [4.69, 9.17) is 14.6 Å². The number of hydrogen-bond donors (Lipinski definition) is 1. The van der Waals surface area contributed by atoms with Crippen LogP contribution in [0, 0.1) is 6.92 Å². The van der Waals surface area contributed by atoms with Gasteiger partial charge in [-0.3, -0.25) is 4.98 Å². The van der Waals surface area contributed by atoms with Crippen molar-refractivity contribution in [2.75, 3.05) is 7.11 Å². The van der Waals surface area contributed by atoms with Crippen molar-refractivity contribution in [3.8, 4) is 22.8 Å². The van der Waals surface area contributed by atoms with Crippen molar-refractivity contribution in [3.05, 3.63) is 66.1 Å². The molecule has 2 N–H and O–H groups in total. The van der Waals surface area contributed by atoms with E-state index in [1.807, 2.05) is 6.92 Å². The standard InChI is InChI=1S/C19H19N3O4S/c1-13-11-21-17(19(22-13)25-2)12-26-15-9-7-14(8-10-15)16-5-3-4-6-18(16)27(20,23)24/h3-11H,12H2,1-2H3,(H2,20,23,24). The van der Waals surface area contributed by atoms with Crippen molar-refractivity contribution in [1.29, 1.82) is 0 Å². The molecule has 2 aromatic carbocycles. The van der Waals surface area contributed by atoms with Crippen molar-refractivity contribution >= 4 is 10.0 Å². The third-order valence-corrected chi connectivity index (χ3v) is 4.83. The number of primary sulfonamides is 1. The number of benzene rings is 2. The van der Waals surface area contributed by atoms with Gasteiger partial charge in [0.2, 0.25) is 15.9 Å². The summed E-state index contributed by atoms with van der Waals surface area (Å²) in [6.07, 6.45) is 1.65. The first-order chi connectivity index (χ1) is 12.9. The highest BCUT2D eigenvalue weighted by Gasteiger charge is 2.14. The molecule has 3 rings (SSSR count). The molecule has 0 spiro atoms. The van der Waals surface area contributed by atoms with Crippen molar-refractivity contribution in [2.24, 2.45) is 5.14 Å². The fourth-order valence-corrected chi connectivity index (χ4v) is 3.34. The third kappa shape index (κ3) is 4.42. The van der Waals surface area contributed by atoms with Gasteiger partial charge in [0.1, 0.15) is 18.1 Å². The number of rotatable bonds is 6. The zero-order chi connectivity index (χ0) is 19.4. The molecule has 0 aliphatic carbocycles. The van der Waals surface area contributed by atoms with Gasteiger partial charge in [0.05, 0.1) is 17.7 Å². The maximum atomic E-state index is 11.8. The lowest BCUT2D eigenvalue weighted by atomic mass is 10.1. The Kier molecular flexibility index (Phi) is 5.38. The highest BCUT2D eigenvalue weighted by molar-refractivity contribution is 7.89. The first-order valence-corrected chi connectivity index (χ1v) is 9.64. The molecular weight excluding hydrogens is 366 g/mol. The maximum absolute atomic E-state index is 11.8. The van der Waals surface area contributed by atoms with Crippen LogP contribution in [0.3, 0.4) is 0 Å². The molecule has 0 saturated heterocycles. The number of sulfonamides is 1. The largest absolute Gasteiger partial charge is 0.487 e. The topological polar surface area (TPSA) is 104 Å². The van der Waals surface area contributed by atoms with Crippen molar-refractivity contribution in [1.82, 2.24) is 9.97 Å². The summed E-state index contributed by atoms with van der Waals surface area (Å²) in [5, 5.41) is 5.30. The molecule has 0 aliphatic heterocycles. The van der Waals surface area contributed by atoms with Gasteiger partial charge in [-0.2, -0.15) is 0 Å². The van der Waals surface area contributed by atoms with Crippen LogP contribution in [-0.2, 0) is 16.6 Å². The Morgan fingerprint density at radius 1 is 1.07 bits per heavy atom. The predicted molar refractivity (Wildman–Crippen MR) is 101 cm³/mol. The molecule has 0 bridgehead atoms. The number of nitrogens with two attached hydrogens (primary N) is 1. The van der Waals surface area contributed by atoms with Crippen LogP contribution in [-0.4, -0.2) is 25.5 Å². The van der Waals surface area contributed by atoms with Gasteiger partial charge in [0.15, 0.2) is 0 Å². The number of hydrogen-bond acceptors (Lipinski definition) is 6. The second kappa shape index (κ2) is 7.73. The van der Waals surface area contributed by atoms with Gasteiger partial charge in [-0.25, -0.2) is 18.5 Å². The number of aryl methyl sites for hydroxylation is 1. The van der Waals surface area contributed by atoms with Gasteiger partial charge in [-0.1, -0.05) is 30.3 Å². The first-order valence-electron chi connectivity index (χ1n) is 8.10. The SMILES string of the molecule is COc1nc(C)cnc1COc1ccc(-c2ccccc2S(N)(=O)=O)cc1. The molecule has 0 amide bonds. The molecule has 3 aromatic rings. The molecule has 0 aliphatic rings. The van der Waals surface area contributed by atoms with Crippen LogP contribution >= 0.6 is 0 Å². The highest BCUT2D eigenvalue weighted by atomic mass is 32.2. The Hall–Kier alpha value is -2.97. The fourth-order valence-electron chi connectivity index (χ4n) is 2.58. The van der Waals surface area contributed by atoms with Crippen LogP contribution in [0.15, 0.2) is 59.6 Å². The van der Waals surface area contributed by atoms with Crippen LogP contribution in [0.5, 0.6) is 11.6 Å². The minimum Gasteiger partial charge on any atom is -0.487 e. The molecule has 0 radical (unpaired) electrons. The van der Waals surface area contributed by atoms with Crippen LogP contribution in [0.25, 0.3) is 11.1 Å². The Morgan fingerprint density at radius 2 is 1.78 bits per heavy atom. The molecule has 0 saturated carbocycles. The average molecular weight is 385 g/mol. The second-order valence-corrected chi connectivity index (χ2v) is 7.35. The Morgan fingerprint density at radius 3 is 2.44 bits per heavy atom. The number of ether oxygens (including phenoxy) is 2. The molecule has 8 heteroatoms. The molecule has 0 unspecified atom stereocenters. The Balaban J connectivity index is 1.79. The normalized spacial score (nSPS) is 11.2. The number of aromatic nitrogens is 2.